The molecule has 0 saturated heterocycles. The molecule has 2 aromatic rings. The van der Waals surface area contributed by atoms with Gasteiger partial charge in [-0.1, -0.05) is 40.9 Å². The molecule has 7 heteroatoms. The standard InChI is InChI=1S/C14H11Cl3N4/c15-10-2-4-11(5-3-10)20-14(18)21-19-8-9-1-6-12(16)13(17)7-9/h1-8H,(H3,18,20,21)/b19-8+. The lowest BCUT2D eigenvalue weighted by atomic mass is 10.2. The van der Waals surface area contributed by atoms with E-state index in [2.05, 4.69) is 15.5 Å². The van der Waals surface area contributed by atoms with Crippen molar-refractivity contribution in [3.8, 4) is 0 Å². The van der Waals surface area contributed by atoms with E-state index in [4.69, 9.17) is 40.5 Å². The molecule has 0 spiro atoms. The Balaban J connectivity index is 1.99. The molecular formula is C14H11Cl3N4. The van der Waals surface area contributed by atoms with Gasteiger partial charge in [-0.2, -0.15) is 5.10 Å². The first-order valence-electron chi connectivity index (χ1n) is 5.88. The quantitative estimate of drug-likeness (QED) is 0.499. The van der Waals surface area contributed by atoms with Crippen LogP contribution in [0.15, 0.2) is 52.6 Å². The van der Waals surface area contributed by atoms with Gasteiger partial charge >= 0.3 is 0 Å². The Kier molecular flexibility index (Phi) is 5.44. The zero-order valence-corrected chi connectivity index (χ0v) is 13.0. The number of nitrogens with zero attached hydrogens (tertiary/aromatic N) is 2. The summed E-state index contributed by atoms with van der Waals surface area (Å²) in [6.45, 7) is 0. The van der Waals surface area contributed by atoms with Crippen molar-refractivity contribution in [3.05, 3.63) is 63.1 Å². The predicted molar refractivity (Wildman–Crippen MR) is 89.9 cm³/mol. The van der Waals surface area contributed by atoms with Crippen LogP contribution in [0.5, 0.6) is 0 Å². The van der Waals surface area contributed by atoms with Crippen LogP contribution >= 0.6 is 34.8 Å². The fourth-order valence-corrected chi connectivity index (χ4v) is 1.88. The molecule has 0 bridgehead atoms. The van der Waals surface area contributed by atoms with E-state index < -0.39 is 0 Å². The Bertz CT molecular complexity index is 681. The number of nitrogens with two attached hydrogens (primary N) is 1. The second-order valence-corrected chi connectivity index (χ2v) is 5.27. The highest BCUT2D eigenvalue weighted by molar-refractivity contribution is 6.42. The highest BCUT2D eigenvalue weighted by Gasteiger charge is 1.97. The first-order chi connectivity index (χ1) is 10.0. The Morgan fingerprint density at radius 2 is 1.71 bits per heavy atom. The lowest BCUT2D eigenvalue weighted by Crippen LogP contribution is -2.26. The summed E-state index contributed by atoms with van der Waals surface area (Å²) < 4.78 is 0. The Labute approximate surface area is 137 Å². The van der Waals surface area contributed by atoms with Crippen LogP contribution in [-0.4, -0.2) is 12.2 Å². The van der Waals surface area contributed by atoms with Gasteiger partial charge < -0.3 is 5.73 Å². The van der Waals surface area contributed by atoms with Gasteiger partial charge in [0.25, 0.3) is 0 Å². The molecule has 0 fully saturated rings. The van der Waals surface area contributed by atoms with Crippen LogP contribution in [0.25, 0.3) is 0 Å². The first-order valence-corrected chi connectivity index (χ1v) is 7.02. The molecule has 2 rings (SSSR count). The third-order valence-corrected chi connectivity index (χ3v) is 3.40. The van der Waals surface area contributed by atoms with Gasteiger partial charge in [0.2, 0.25) is 5.96 Å². The van der Waals surface area contributed by atoms with Crippen LogP contribution in [0.2, 0.25) is 15.1 Å². The minimum absolute atomic E-state index is 0.161. The van der Waals surface area contributed by atoms with Crippen molar-refractivity contribution in [2.45, 2.75) is 0 Å². The summed E-state index contributed by atoms with van der Waals surface area (Å²) in [6, 6.07) is 12.1. The molecule has 4 nitrogen and oxygen atoms in total. The van der Waals surface area contributed by atoms with E-state index in [9.17, 15) is 0 Å². The van der Waals surface area contributed by atoms with Crippen molar-refractivity contribution in [2.75, 3.05) is 0 Å². The summed E-state index contributed by atoms with van der Waals surface area (Å²) in [5, 5.41) is 5.56. The smallest absolute Gasteiger partial charge is 0.214 e. The van der Waals surface area contributed by atoms with Gasteiger partial charge in [0, 0.05) is 5.02 Å². The van der Waals surface area contributed by atoms with E-state index in [-0.39, 0.29) is 5.96 Å². The summed E-state index contributed by atoms with van der Waals surface area (Å²) >= 11 is 17.5. The number of hydrogen-bond acceptors (Lipinski definition) is 2. The number of aliphatic imine (C=N–C) groups is 1. The van der Waals surface area contributed by atoms with E-state index in [1.807, 2.05) is 0 Å². The molecule has 0 aliphatic heterocycles. The number of rotatable bonds is 3. The normalized spacial score (nSPS) is 11.9. The molecule has 3 N–H and O–H groups in total. The van der Waals surface area contributed by atoms with E-state index in [1.165, 1.54) is 0 Å². The Morgan fingerprint density at radius 1 is 1.00 bits per heavy atom. The number of halogens is 3. The van der Waals surface area contributed by atoms with Gasteiger partial charge in [-0.25, -0.2) is 10.4 Å². The summed E-state index contributed by atoms with van der Waals surface area (Å²) in [5.74, 6) is 0.161. The van der Waals surface area contributed by atoms with Crippen molar-refractivity contribution in [3.63, 3.8) is 0 Å². The fraction of sp³-hybridized carbons (Fsp3) is 0. The maximum absolute atomic E-state index is 5.90. The number of hydrazone groups is 1. The lowest BCUT2D eigenvalue weighted by Gasteiger charge is -2.00. The second kappa shape index (κ2) is 7.31. The number of guanidine groups is 1. The van der Waals surface area contributed by atoms with Gasteiger partial charge in [-0.3, -0.25) is 0 Å². The van der Waals surface area contributed by atoms with E-state index in [0.29, 0.717) is 20.8 Å². The summed E-state index contributed by atoms with van der Waals surface area (Å²) in [5.41, 5.74) is 9.79. The monoisotopic (exact) mass is 340 g/mol. The highest BCUT2D eigenvalue weighted by Crippen LogP contribution is 2.21. The van der Waals surface area contributed by atoms with Gasteiger partial charge in [-0.15, -0.1) is 0 Å². The lowest BCUT2D eigenvalue weighted by molar-refractivity contribution is 1.01. The minimum atomic E-state index is 0.161. The van der Waals surface area contributed by atoms with E-state index >= 15 is 0 Å². The summed E-state index contributed by atoms with van der Waals surface area (Å²) in [6.07, 6.45) is 1.56. The van der Waals surface area contributed by atoms with Gasteiger partial charge in [0.1, 0.15) is 0 Å². The molecule has 0 aliphatic rings. The third-order valence-electron chi connectivity index (χ3n) is 2.41. The van der Waals surface area contributed by atoms with Crippen LogP contribution in [0.4, 0.5) is 5.69 Å². The molecular weight excluding hydrogens is 331 g/mol. The van der Waals surface area contributed by atoms with Gasteiger partial charge in [0.05, 0.1) is 21.9 Å². The van der Waals surface area contributed by atoms with E-state index in [1.54, 1.807) is 48.7 Å². The SMILES string of the molecule is NC(=Nc1ccc(Cl)cc1)N/N=C/c1ccc(Cl)c(Cl)c1. The van der Waals surface area contributed by atoms with Crippen molar-refractivity contribution in [1.82, 2.24) is 5.43 Å². The molecule has 21 heavy (non-hydrogen) atoms. The molecule has 0 unspecified atom stereocenters. The highest BCUT2D eigenvalue weighted by atomic mass is 35.5. The van der Waals surface area contributed by atoms with Gasteiger partial charge in [0.15, 0.2) is 0 Å². The second-order valence-electron chi connectivity index (χ2n) is 4.02. The molecule has 0 radical (unpaired) electrons. The topological polar surface area (TPSA) is 62.8 Å². The van der Waals surface area contributed by atoms with Crippen LogP contribution in [0, 0.1) is 0 Å². The molecule has 108 valence electrons. The molecule has 0 saturated carbocycles. The summed E-state index contributed by atoms with van der Waals surface area (Å²) in [4.78, 5) is 4.13. The van der Waals surface area contributed by atoms with Crippen molar-refractivity contribution in [2.24, 2.45) is 15.8 Å². The number of benzene rings is 2. The fourth-order valence-electron chi connectivity index (χ4n) is 1.45. The van der Waals surface area contributed by atoms with Crippen LogP contribution in [0.3, 0.4) is 0 Å². The predicted octanol–water partition coefficient (Wildman–Crippen LogP) is 4.22. The minimum Gasteiger partial charge on any atom is -0.368 e. The Hall–Kier alpha value is -1.75. The van der Waals surface area contributed by atoms with Crippen molar-refractivity contribution < 1.29 is 0 Å². The van der Waals surface area contributed by atoms with Crippen LogP contribution in [-0.2, 0) is 0 Å². The average molecular weight is 342 g/mol. The maximum Gasteiger partial charge on any atom is 0.214 e. The van der Waals surface area contributed by atoms with Crippen molar-refractivity contribution in [1.29, 1.82) is 0 Å². The number of hydrogen-bond donors (Lipinski definition) is 2. The van der Waals surface area contributed by atoms with Gasteiger partial charge in [-0.05, 0) is 42.0 Å². The molecule has 0 heterocycles. The zero-order valence-electron chi connectivity index (χ0n) is 10.7. The number of nitrogens with one attached hydrogen (secondary N) is 1. The molecule has 0 amide bonds. The van der Waals surface area contributed by atoms with Crippen LogP contribution < -0.4 is 11.2 Å². The molecule has 0 aromatic heterocycles. The molecule has 2 aromatic carbocycles. The first kappa shape index (κ1) is 15.6. The summed E-state index contributed by atoms with van der Waals surface area (Å²) in [7, 11) is 0. The third kappa shape index (κ3) is 4.93. The van der Waals surface area contributed by atoms with E-state index in [0.717, 1.165) is 5.56 Å². The molecule has 0 aliphatic carbocycles. The Morgan fingerprint density at radius 3 is 2.38 bits per heavy atom. The molecule has 0 atom stereocenters. The average Bonchev–Trinajstić information content (AvgIpc) is 2.45. The van der Waals surface area contributed by atoms with Crippen LogP contribution in [0.1, 0.15) is 5.56 Å². The zero-order chi connectivity index (χ0) is 15.2. The maximum atomic E-state index is 5.90. The largest absolute Gasteiger partial charge is 0.368 e. The van der Waals surface area contributed by atoms with Crippen molar-refractivity contribution >= 4 is 52.7 Å².